The van der Waals surface area contributed by atoms with Gasteiger partial charge in [0, 0.05) is 32.2 Å². The Balaban J connectivity index is 2.19. The van der Waals surface area contributed by atoms with Crippen LogP contribution in [-0.4, -0.2) is 38.2 Å². The number of ether oxygens (including phenoxy) is 1. The van der Waals surface area contributed by atoms with Gasteiger partial charge in [-0.3, -0.25) is 4.90 Å². The van der Waals surface area contributed by atoms with Gasteiger partial charge in [0.05, 0.1) is 7.11 Å². The van der Waals surface area contributed by atoms with Crippen molar-refractivity contribution in [1.29, 1.82) is 0 Å². The summed E-state index contributed by atoms with van der Waals surface area (Å²) in [5.74, 6) is 1.66. The zero-order valence-corrected chi connectivity index (χ0v) is 12.4. The third-order valence-corrected chi connectivity index (χ3v) is 3.77. The number of methoxy groups -OCH3 is 1. The molecular weight excluding hydrogens is 236 g/mol. The van der Waals surface area contributed by atoms with Gasteiger partial charge in [0.15, 0.2) is 0 Å². The normalized spacial score (nSPS) is 18.5. The minimum Gasteiger partial charge on any atom is -0.497 e. The molecule has 1 saturated heterocycles. The summed E-state index contributed by atoms with van der Waals surface area (Å²) >= 11 is 0. The van der Waals surface area contributed by atoms with Crippen molar-refractivity contribution in [2.45, 2.75) is 26.3 Å². The molecule has 1 aromatic rings. The van der Waals surface area contributed by atoms with Crippen LogP contribution in [0.15, 0.2) is 24.3 Å². The molecule has 1 atom stereocenters. The fraction of sp³-hybridized carbons (Fsp3) is 0.625. The first-order chi connectivity index (χ1) is 9.20. The van der Waals surface area contributed by atoms with Crippen molar-refractivity contribution in [3.63, 3.8) is 0 Å². The van der Waals surface area contributed by atoms with Crippen LogP contribution >= 0.6 is 0 Å². The average molecular weight is 262 g/mol. The van der Waals surface area contributed by atoms with Gasteiger partial charge in [-0.05, 0) is 30.0 Å². The highest BCUT2D eigenvalue weighted by Crippen LogP contribution is 2.30. The molecule has 106 valence electrons. The van der Waals surface area contributed by atoms with Crippen molar-refractivity contribution in [1.82, 2.24) is 10.2 Å². The number of piperazine rings is 1. The van der Waals surface area contributed by atoms with Crippen molar-refractivity contribution < 1.29 is 4.74 Å². The topological polar surface area (TPSA) is 24.5 Å². The number of rotatable bonds is 5. The zero-order chi connectivity index (χ0) is 13.7. The molecule has 0 bridgehead atoms. The van der Waals surface area contributed by atoms with E-state index in [1.165, 1.54) is 12.0 Å². The molecule has 3 heteroatoms. The lowest BCUT2D eigenvalue weighted by Crippen LogP contribution is -2.45. The molecule has 0 aliphatic carbocycles. The second-order valence-electron chi connectivity index (χ2n) is 5.71. The highest BCUT2D eigenvalue weighted by atomic mass is 16.5. The minimum atomic E-state index is 0.511. The van der Waals surface area contributed by atoms with Crippen molar-refractivity contribution in [2.24, 2.45) is 5.92 Å². The SMILES string of the molecule is COc1cccc([C@@H](CC(C)C)N2CCNCC2)c1. The monoisotopic (exact) mass is 262 g/mol. The van der Waals surface area contributed by atoms with E-state index in [4.69, 9.17) is 4.74 Å². The first kappa shape index (κ1) is 14.4. The first-order valence-corrected chi connectivity index (χ1v) is 7.29. The average Bonchev–Trinajstić information content (AvgIpc) is 2.45. The number of hydrogen-bond acceptors (Lipinski definition) is 3. The van der Waals surface area contributed by atoms with Crippen LogP contribution in [0.5, 0.6) is 5.75 Å². The first-order valence-electron chi connectivity index (χ1n) is 7.29. The number of nitrogens with one attached hydrogen (secondary N) is 1. The molecule has 0 saturated carbocycles. The highest BCUT2D eigenvalue weighted by molar-refractivity contribution is 5.30. The van der Waals surface area contributed by atoms with E-state index in [-0.39, 0.29) is 0 Å². The quantitative estimate of drug-likeness (QED) is 0.883. The summed E-state index contributed by atoms with van der Waals surface area (Å²) in [5.41, 5.74) is 1.38. The van der Waals surface area contributed by atoms with Crippen LogP contribution in [0.2, 0.25) is 0 Å². The maximum absolute atomic E-state index is 5.37. The molecule has 1 aliphatic heterocycles. The predicted octanol–water partition coefficient (Wildman–Crippen LogP) is 2.69. The Hall–Kier alpha value is -1.06. The standard InChI is InChI=1S/C16H26N2O/c1-13(2)11-16(18-9-7-17-8-10-18)14-5-4-6-15(12-14)19-3/h4-6,12-13,16-17H,7-11H2,1-3H3/t16-/m1/s1. The third-order valence-electron chi connectivity index (χ3n) is 3.77. The number of benzene rings is 1. The van der Waals surface area contributed by atoms with Crippen molar-refractivity contribution in [3.8, 4) is 5.75 Å². The summed E-state index contributed by atoms with van der Waals surface area (Å²) < 4.78 is 5.37. The van der Waals surface area contributed by atoms with E-state index in [1.54, 1.807) is 7.11 Å². The maximum Gasteiger partial charge on any atom is 0.119 e. The van der Waals surface area contributed by atoms with Gasteiger partial charge >= 0.3 is 0 Å². The fourth-order valence-electron chi connectivity index (χ4n) is 2.79. The summed E-state index contributed by atoms with van der Waals surface area (Å²) in [6.45, 7) is 9.06. The fourth-order valence-corrected chi connectivity index (χ4v) is 2.79. The van der Waals surface area contributed by atoms with Crippen LogP contribution in [0, 0.1) is 5.92 Å². The van der Waals surface area contributed by atoms with Gasteiger partial charge in [0.1, 0.15) is 5.75 Å². The molecule has 19 heavy (non-hydrogen) atoms. The Morgan fingerprint density at radius 2 is 2.00 bits per heavy atom. The van der Waals surface area contributed by atoms with E-state index < -0.39 is 0 Å². The second-order valence-corrected chi connectivity index (χ2v) is 5.71. The molecule has 0 radical (unpaired) electrons. The molecule has 1 aliphatic rings. The summed E-state index contributed by atoms with van der Waals surface area (Å²) in [4.78, 5) is 2.60. The summed E-state index contributed by atoms with van der Waals surface area (Å²) in [7, 11) is 1.74. The lowest BCUT2D eigenvalue weighted by Gasteiger charge is -2.36. The Bertz CT molecular complexity index is 386. The van der Waals surface area contributed by atoms with Crippen LogP contribution in [0.4, 0.5) is 0 Å². The van der Waals surface area contributed by atoms with Gasteiger partial charge in [0.25, 0.3) is 0 Å². The van der Waals surface area contributed by atoms with E-state index in [0.717, 1.165) is 31.9 Å². The molecule has 0 aromatic heterocycles. The van der Waals surface area contributed by atoms with Crippen LogP contribution < -0.4 is 10.1 Å². The summed E-state index contributed by atoms with van der Waals surface area (Å²) in [5, 5.41) is 3.43. The third kappa shape index (κ3) is 3.95. The Morgan fingerprint density at radius 3 is 2.63 bits per heavy atom. The van der Waals surface area contributed by atoms with Crippen molar-refractivity contribution in [2.75, 3.05) is 33.3 Å². The smallest absolute Gasteiger partial charge is 0.119 e. The van der Waals surface area contributed by atoms with Crippen LogP contribution in [0.3, 0.4) is 0 Å². The molecule has 0 spiro atoms. The molecule has 3 nitrogen and oxygen atoms in total. The molecule has 1 fully saturated rings. The van der Waals surface area contributed by atoms with Gasteiger partial charge in [-0.25, -0.2) is 0 Å². The Kier molecular flexibility index (Phi) is 5.23. The van der Waals surface area contributed by atoms with Gasteiger partial charge in [-0.2, -0.15) is 0 Å². The van der Waals surface area contributed by atoms with Gasteiger partial charge in [-0.1, -0.05) is 26.0 Å². The second kappa shape index (κ2) is 6.92. The highest BCUT2D eigenvalue weighted by Gasteiger charge is 2.23. The number of hydrogen-bond donors (Lipinski definition) is 1. The zero-order valence-electron chi connectivity index (χ0n) is 12.4. The van der Waals surface area contributed by atoms with Crippen molar-refractivity contribution >= 4 is 0 Å². The summed E-state index contributed by atoms with van der Waals surface area (Å²) in [6, 6.07) is 9.06. The molecule has 2 rings (SSSR count). The predicted molar refractivity (Wildman–Crippen MR) is 79.6 cm³/mol. The molecule has 0 amide bonds. The van der Waals surface area contributed by atoms with Crippen molar-refractivity contribution in [3.05, 3.63) is 29.8 Å². The molecule has 1 aromatic carbocycles. The van der Waals surface area contributed by atoms with E-state index in [9.17, 15) is 0 Å². The van der Waals surface area contributed by atoms with Crippen LogP contribution in [-0.2, 0) is 0 Å². The molecule has 1 heterocycles. The van der Waals surface area contributed by atoms with E-state index in [1.807, 2.05) is 6.07 Å². The van der Waals surface area contributed by atoms with Gasteiger partial charge in [0.2, 0.25) is 0 Å². The van der Waals surface area contributed by atoms with Crippen LogP contribution in [0.1, 0.15) is 31.9 Å². The molecular formula is C16H26N2O. The molecule has 1 N–H and O–H groups in total. The van der Waals surface area contributed by atoms with E-state index in [0.29, 0.717) is 12.0 Å². The van der Waals surface area contributed by atoms with Gasteiger partial charge in [-0.15, -0.1) is 0 Å². The Morgan fingerprint density at radius 1 is 1.26 bits per heavy atom. The maximum atomic E-state index is 5.37. The van der Waals surface area contributed by atoms with Crippen LogP contribution in [0.25, 0.3) is 0 Å². The number of nitrogens with zero attached hydrogens (tertiary/aromatic N) is 1. The molecule has 0 unspecified atom stereocenters. The lowest BCUT2D eigenvalue weighted by atomic mass is 9.95. The largest absolute Gasteiger partial charge is 0.497 e. The van der Waals surface area contributed by atoms with E-state index in [2.05, 4.69) is 42.3 Å². The van der Waals surface area contributed by atoms with Gasteiger partial charge < -0.3 is 10.1 Å². The Labute approximate surface area is 116 Å². The van der Waals surface area contributed by atoms with E-state index >= 15 is 0 Å². The minimum absolute atomic E-state index is 0.511. The summed E-state index contributed by atoms with van der Waals surface area (Å²) in [6.07, 6.45) is 1.20. The lowest BCUT2D eigenvalue weighted by molar-refractivity contribution is 0.154.